The van der Waals surface area contributed by atoms with Crippen LogP contribution in [0.2, 0.25) is 0 Å². The summed E-state index contributed by atoms with van der Waals surface area (Å²) in [6, 6.07) is 15.6. The van der Waals surface area contributed by atoms with Gasteiger partial charge >= 0.3 is 0 Å². The molecular weight excluding hydrogens is 291 g/mol. The highest BCUT2D eigenvalue weighted by molar-refractivity contribution is 6.07. The molecule has 3 rings (SSSR count). The van der Waals surface area contributed by atoms with Crippen LogP contribution in [0.4, 0.5) is 10.1 Å². The molecule has 0 bridgehead atoms. The highest BCUT2D eigenvalue weighted by Gasteiger charge is 2.07. The van der Waals surface area contributed by atoms with Crippen LogP contribution in [-0.2, 0) is 4.79 Å². The van der Waals surface area contributed by atoms with Crippen LogP contribution in [0.5, 0.6) is 0 Å². The Balaban J connectivity index is 1.87. The zero-order valence-corrected chi connectivity index (χ0v) is 12.6. The second kappa shape index (κ2) is 6.40. The molecule has 4 heteroatoms. The second-order valence-corrected chi connectivity index (χ2v) is 5.21. The third kappa shape index (κ3) is 3.61. The number of pyridine rings is 1. The Hall–Kier alpha value is -3.01. The average molecular weight is 306 g/mol. The van der Waals surface area contributed by atoms with E-state index in [4.69, 9.17) is 0 Å². The van der Waals surface area contributed by atoms with E-state index in [1.54, 1.807) is 18.2 Å². The molecule has 1 heterocycles. The predicted molar refractivity (Wildman–Crippen MR) is 90.5 cm³/mol. The van der Waals surface area contributed by atoms with Crippen molar-refractivity contribution in [3.63, 3.8) is 0 Å². The summed E-state index contributed by atoms with van der Waals surface area (Å²) in [5.74, 6) is -0.636. The van der Waals surface area contributed by atoms with Crippen molar-refractivity contribution in [2.75, 3.05) is 5.32 Å². The van der Waals surface area contributed by atoms with E-state index in [2.05, 4.69) is 10.3 Å². The Morgan fingerprint density at radius 3 is 2.70 bits per heavy atom. The molecule has 0 spiro atoms. The molecule has 0 unspecified atom stereocenters. The number of carbonyl (C=O) groups excluding carboxylic acids is 1. The van der Waals surface area contributed by atoms with Crippen molar-refractivity contribution in [1.82, 2.24) is 4.98 Å². The van der Waals surface area contributed by atoms with Crippen LogP contribution in [0.25, 0.3) is 17.0 Å². The van der Waals surface area contributed by atoms with Crippen LogP contribution in [0, 0.1) is 12.7 Å². The normalized spacial score (nSPS) is 11.0. The number of nitrogens with zero attached hydrogens (tertiary/aromatic N) is 1. The van der Waals surface area contributed by atoms with E-state index >= 15 is 0 Å². The fourth-order valence-electron chi connectivity index (χ4n) is 2.34. The first-order valence-corrected chi connectivity index (χ1v) is 7.23. The number of aryl methyl sites for hydroxylation is 1. The van der Waals surface area contributed by atoms with Gasteiger partial charge in [-0.05, 0) is 42.8 Å². The number of nitrogens with one attached hydrogen (secondary N) is 1. The third-order valence-electron chi connectivity index (χ3n) is 3.38. The molecule has 0 aliphatic rings. The minimum absolute atomic E-state index is 0.273. The minimum atomic E-state index is -0.363. The Morgan fingerprint density at radius 1 is 1.13 bits per heavy atom. The number of amides is 1. The van der Waals surface area contributed by atoms with E-state index in [0.29, 0.717) is 16.6 Å². The Labute approximate surface area is 133 Å². The molecule has 1 amide bonds. The van der Waals surface area contributed by atoms with Crippen molar-refractivity contribution in [2.45, 2.75) is 6.92 Å². The van der Waals surface area contributed by atoms with Crippen LogP contribution in [0.3, 0.4) is 0 Å². The van der Waals surface area contributed by atoms with Gasteiger partial charge in [-0.3, -0.25) is 9.78 Å². The third-order valence-corrected chi connectivity index (χ3v) is 3.38. The number of hydrogen-bond donors (Lipinski definition) is 1. The van der Waals surface area contributed by atoms with Crippen LogP contribution >= 0.6 is 0 Å². The van der Waals surface area contributed by atoms with Gasteiger partial charge in [0.05, 0.1) is 11.2 Å². The van der Waals surface area contributed by atoms with Crippen molar-refractivity contribution in [3.8, 4) is 0 Å². The van der Waals surface area contributed by atoms with Gasteiger partial charge in [0.2, 0.25) is 5.91 Å². The molecule has 1 N–H and O–H groups in total. The standard InChI is InChI=1S/C19H15FN2O/c1-13-11-18(16-12-15(20)8-9-17(16)21-13)22-19(23)10-7-14-5-3-2-4-6-14/h2-12H,1H3,(H,21,22,23)/b10-7+. The molecule has 0 saturated heterocycles. The highest BCUT2D eigenvalue weighted by atomic mass is 19.1. The predicted octanol–water partition coefficient (Wildman–Crippen LogP) is 4.33. The molecular formula is C19H15FN2O. The molecule has 0 radical (unpaired) electrons. The maximum absolute atomic E-state index is 13.5. The number of hydrogen-bond acceptors (Lipinski definition) is 2. The number of rotatable bonds is 3. The monoisotopic (exact) mass is 306 g/mol. The zero-order chi connectivity index (χ0) is 16.2. The van der Waals surface area contributed by atoms with Gasteiger partial charge in [-0.1, -0.05) is 30.3 Å². The fraction of sp³-hybridized carbons (Fsp3) is 0.0526. The van der Waals surface area contributed by atoms with Crippen molar-refractivity contribution in [2.24, 2.45) is 0 Å². The molecule has 0 fully saturated rings. The molecule has 3 nitrogen and oxygen atoms in total. The maximum atomic E-state index is 13.5. The van der Waals surface area contributed by atoms with Gasteiger partial charge in [0, 0.05) is 17.2 Å². The Bertz CT molecular complexity index is 889. The molecule has 2 aromatic carbocycles. The summed E-state index contributed by atoms with van der Waals surface area (Å²) in [6.45, 7) is 1.83. The SMILES string of the molecule is Cc1cc(NC(=O)/C=C/c2ccccc2)c2cc(F)ccc2n1. The summed E-state index contributed by atoms with van der Waals surface area (Å²) in [5, 5.41) is 3.37. The van der Waals surface area contributed by atoms with Gasteiger partial charge in [0.15, 0.2) is 0 Å². The molecule has 23 heavy (non-hydrogen) atoms. The van der Waals surface area contributed by atoms with Crippen LogP contribution in [-0.4, -0.2) is 10.9 Å². The van der Waals surface area contributed by atoms with Crippen molar-refractivity contribution < 1.29 is 9.18 Å². The van der Waals surface area contributed by atoms with Crippen LogP contribution < -0.4 is 5.32 Å². The second-order valence-electron chi connectivity index (χ2n) is 5.21. The van der Waals surface area contributed by atoms with E-state index < -0.39 is 0 Å². The van der Waals surface area contributed by atoms with Crippen molar-refractivity contribution in [3.05, 3.63) is 77.7 Å². The quantitative estimate of drug-likeness (QED) is 0.732. The van der Waals surface area contributed by atoms with Gasteiger partial charge in [-0.15, -0.1) is 0 Å². The summed E-state index contributed by atoms with van der Waals surface area (Å²) in [7, 11) is 0. The van der Waals surface area contributed by atoms with Crippen LogP contribution in [0.15, 0.2) is 60.7 Å². The first-order chi connectivity index (χ1) is 11.1. The molecule has 0 atom stereocenters. The number of anilines is 1. The van der Waals surface area contributed by atoms with E-state index in [0.717, 1.165) is 11.3 Å². The lowest BCUT2D eigenvalue weighted by molar-refractivity contribution is -0.111. The smallest absolute Gasteiger partial charge is 0.248 e. The van der Waals surface area contributed by atoms with E-state index in [1.165, 1.54) is 18.2 Å². The van der Waals surface area contributed by atoms with Gasteiger partial charge < -0.3 is 5.32 Å². The minimum Gasteiger partial charge on any atom is -0.322 e. The largest absolute Gasteiger partial charge is 0.322 e. The molecule has 0 aliphatic carbocycles. The van der Waals surface area contributed by atoms with Gasteiger partial charge in [-0.2, -0.15) is 0 Å². The highest BCUT2D eigenvalue weighted by Crippen LogP contribution is 2.24. The maximum Gasteiger partial charge on any atom is 0.248 e. The summed E-state index contributed by atoms with van der Waals surface area (Å²) < 4.78 is 13.5. The molecule has 1 aromatic heterocycles. The number of carbonyl (C=O) groups is 1. The summed E-state index contributed by atoms with van der Waals surface area (Å²) in [4.78, 5) is 16.5. The summed E-state index contributed by atoms with van der Waals surface area (Å²) in [6.07, 6.45) is 3.18. The van der Waals surface area contributed by atoms with E-state index in [1.807, 2.05) is 37.3 Å². The first-order valence-electron chi connectivity index (χ1n) is 7.23. The van der Waals surface area contributed by atoms with Crippen LogP contribution in [0.1, 0.15) is 11.3 Å². The molecule has 3 aromatic rings. The van der Waals surface area contributed by atoms with Crippen molar-refractivity contribution >= 4 is 28.6 Å². The lowest BCUT2D eigenvalue weighted by Crippen LogP contribution is -2.09. The lowest BCUT2D eigenvalue weighted by atomic mass is 10.1. The number of aromatic nitrogens is 1. The summed E-state index contributed by atoms with van der Waals surface area (Å²) >= 11 is 0. The molecule has 114 valence electrons. The van der Waals surface area contributed by atoms with Gasteiger partial charge in [-0.25, -0.2) is 4.39 Å². The topological polar surface area (TPSA) is 42.0 Å². The van der Waals surface area contributed by atoms with Gasteiger partial charge in [0.1, 0.15) is 5.82 Å². The molecule has 0 saturated carbocycles. The van der Waals surface area contributed by atoms with E-state index in [-0.39, 0.29) is 11.7 Å². The fourth-order valence-corrected chi connectivity index (χ4v) is 2.34. The number of benzene rings is 2. The summed E-state index contributed by atoms with van der Waals surface area (Å²) in [5.41, 5.74) is 2.89. The first kappa shape index (κ1) is 14.9. The number of halogens is 1. The average Bonchev–Trinajstić information content (AvgIpc) is 2.54. The zero-order valence-electron chi connectivity index (χ0n) is 12.6. The van der Waals surface area contributed by atoms with E-state index in [9.17, 15) is 9.18 Å². The van der Waals surface area contributed by atoms with Gasteiger partial charge in [0.25, 0.3) is 0 Å². The lowest BCUT2D eigenvalue weighted by Gasteiger charge is -2.08. The molecule has 0 aliphatic heterocycles. The number of fused-ring (bicyclic) bond motifs is 1. The Morgan fingerprint density at radius 2 is 1.91 bits per heavy atom. The Kier molecular flexibility index (Phi) is 4.15. The van der Waals surface area contributed by atoms with Crippen molar-refractivity contribution in [1.29, 1.82) is 0 Å².